The molecule has 20 heavy (non-hydrogen) atoms. The van der Waals surface area contributed by atoms with Gasteiger partial charge in [0.15, 0.2) is 12.0 Å². The predicted octanol–water partition coefficient (Wildman–Crippen LogP) is 4.73. The Balaban J connectivity index is 2.03. The van der Waals surface area contributed by atoms with Crippen LogP contribution in [0.2, 0.25) is 0 Å². The molecule has 2 heteroatoms. The third kappa shape index (κ3) is 2.41. The molecule has 2 aromatic carbocycles. The molecule has 0 unspecified atom stereocenters. The van der Waals surface area contributed by atoms with E-state index in [9.17, 15) is 4.79 Å². The van der Waals surface area contributed by atoms with E-state index in [0.717, 1.165) is 11.1 Å². The van der Waals surface area contributed by atoms with Crippen LogP contribution < -0.4 is 0 Å². The van der Waals surface area contributed by atoms with Crippen molar-refractivity contribution in [1.29, 1.82) is 0 Å². The molecule has 3 aromatic rings. The van der Waals surface area contributed by atoms with Gasteiger partial charge >= 0.3 is 0 Å². The molecule has 3 rings (SSSR count). The van der Waals surface area contributed by atoms with Crippen LogP contribution in [0.4, 0.5) is 0 Å². The van der Waals surface area contributed by atoms with Gasteiger partial charge in [-0.2, -0.15) is 0 Å². The van der Waals surface area contributed by atoms with Crippen molar-refractivity contribution < 1.29 is 9.21 Å². The summed E-state index contributed by atoms with van der Waals surface area (Å²) in [6, 6.07) is 20.0. The van der Waals surface area contributed by atoms with E-state index < -0.39 is 0 Å². The van der Waals surface area contributed by atoms with Gasteiger partial charge in [0.25, 0.3) is 0 Å². The summed E-state index contributed by atoms with van der Waals surface area (Å²) in [4.78, 5) is 10.7. The van der Waals surface area contributed by atoms with Crippen molar-refractivity contribution in [2.24, 2.45) is 0 Å². The minimum absolute atomic E-state index is 0.348. The summed E-state index contributed by atoms with van der Waals surface area (Å²) in [7, 11) is 0. The number of benzene rings is 2. The molecule has 0 spiro atoms. The predicted molar refractivity (Wildman–Crippen MR) is 79.7 cm³/mol. The molecule has 0 saturated carbocycles. The molecule has 0 fully saturated rings. The van der Waals surface area contributed by atoms with Gasteiger partial charge in [0, 0.05) is 5.56 Å². The normalized spacial score (nSPS) is 10.4. The lowest BCUT2D eigenvalue weighted by atomic mass is 10.0. The second-order valence-corrected chi connectivity index (χ2v) is 4.77. The summed E-state index contributed by atoms with van der Waals surface area (Å²) >= 11 is 0. The topological polar surface area (TPSA) is 30.2 Å². The average molecular weight is 262 g/mol. The molecule has 0 aliphatic rings. The maximum Gasteiger partial charge on any atom is 0.185 e. The van der Waals surface area contributed by atoms with Crippen molar-refractivity contribution in [1.82, 2.24) is 0 Å². The van der Waals surface area contributed by atoms with E-state index in [0.29, 0.717) is 17.8 Å². The number of furan rings is 1. The molecule has 2 nitrogen and oxygen atoms in total. The average Bonchev–Trinajstić information content (AvgIpc) is 2.96. The lowest BCUT2D eigenvalue weighted by molar-refractivity contribution is 0.110. The Kier molecular flexibility index (Phi) is 3.21. The molecular weight excluding hydrogens is 248 g/mol. The third-order valence-corrected chi connectivity index (χ3v) is 3.24. The fourth-order valence-electron chi connectivity index (χ4n) is 2.25. The second-order valence-electron chi connectivity index (χ2n) is 4.77. The molecule has 0 saturated heterocycles. The van der Waals surface area contributed by atoms with E-state index in [2.05, 4.69) is 43.3 Å². The molecule has 1 heterocycles. The fourth-order valence-corrected chi connectivity index (χ4v) is 2.25. The minimum Gasteiger partial charge on any atom is -0.453 e. The molecule has 0 atom stereocenters. The molecule has 0 aliphatic carbocycles. The van der Waals surface area contributed by atoms with Crippen LogP contribution in [0.1, 0.15) is 16.1 Å². The number of hydrogen-bond acceptors (Lipinski definition) is 2. The van der Waals surface area contributed by atoms with Gasteiger partial charge in [-0.3, -0.25) is 4.79 Å². The van der Waals surface area contributed by atoms with Crippen molar-refractivity contribution >= 4 is 6.29 Å². The maximum atomic E-state index is 10.7. The van der Waals surface area contributed by atoms with Gasteiger partial charge in [0.1, 0.15) is 5.76 Å². The number of carbonyl (C=O) groups is 1. The molecule has 98 valence electrons. The first-order valence-electron chi connectivity index (χ1n) is 6.49. The fraction of sp³-hybridized carbons (Fsp3) is 0.0556. The van der Waals surface area contributed by atoms with Crippen LogP contribution in [0.5, 0.6) is 0 Å². The van der Waals surface area contributed by atoms with E-state index in [1.54, 1.807) is 6.07 Å². The summed E-state index contributed by atoms with van der Waals surface area (Å²) < 4.78 is 5.47. The van der Waals surface area contributed by atoms with Crippen LogP contribution in [-0.4, -0.2) is 6.29 Å². The quantitative estimate of drug-likeness (QED) is 0.638. The summed E-state index contributed by atoms with van der Waals surface area (Å²) in [6.07, 6.45) is 0.716. The molecule has 0 radical (unpaired) electrons. The summed E-state index contributed by atoms with van der Waals surface area (Å²) in [5, 5.41) is 0. The highest BCUT2D eigenvalue weighted by atomic mass is 16.3. The van der Waals surface area contributed by atoms with Gasteiger partial charge in [0.2, 0.25) is 0 Å². The molecule has 0 amide bonds. The van der Waals surface area contributed by atoms with Crippen molar-refractivity contribution in [2.75, 3.05) is 0 Å². The first-order chi connectivity index (χ1) is 9.76. The largest absolute Gasteiger partial charge is 0.453 e. The van der Waals surface area contributed by atoms with Gasteiger partial charge in [-0.25, -0.2) is 0 Å². The van der Waals surface area contributed by atoms with Gasteiger partial charge in [-0.05, 0) is 36.2 Å². The summed E-state index contributed by atoms with van der Waals surface area (Å²) in [5.74, 6) is 1.06. The molecule has 0 aliphatic heterocycles. The smallest absolute Gasteiger partial charge is 0.185 e. The summed E-state index contributed by atoms with van der Waals surface area (Å²) in [6.45, 7) is 2.08. The van der Waals surface area contributed by atoms with Gasteiger partial charge in [0.05, 0.1) is 0 Å². The van der Waals surface area contributed by atoms with Crippen molar-refractivity contribution in [3.05, 3.63) is 72.0 Å². The Morgan fingerprint density at radius 2 is 1.55 bits per heavy atom. The maximum absolute atomic E-state index is 10.7. The highest BCUT2D eigenvalue weighted by Crippen LogP contribution is 2.27. The Hall–Kier alpha value is -2.61. The van der Waals surface area contributed by atoms with Crippen molar-refractivity contribution in [3.8, 4) is 22.5 Å². The molecule has 0 N–H and O–H groups in total. The van der Waals surface area contributed by atoms with Crippen molar-refractivity contribution in [3.63, 3.8) is 0 Å². The van der Waals surface area contributed by atoms with E-state index >= 15 is 0 Å². The Morgan fingerprint density at radius 3 is 2.25 bits per heavy atom. The van der Waals surface area contributed by atoms with Crippen molar-refractivity contribution in [2.45, 2.75) is 6.92 Å². The van der Waals surface area contributed by atoms with E-state index in [-0.39, 0.29) is 0 Å². The van der Waals surface area contributed by atoms with Gasteiger partial charge < -0.3 is 4.42 Å². The second kappa shape index (κ2) is 5.17. The van der Waals surface area contributed by atoms with E-state index in [4.69, 9.17) is 4.42 Å². The zero-order valence-electron chi connectivity index (χ0n) is 11.2. The monoisotopic (exact) mass is 262 g/mol. The zero-order valence-corrected chi connectivity index (χ0v) is 11.2. The molecular formula is C18H14O2. The molecule has 0 bridgehead atoms. The Bertz CT molecular complexity index is 753. The standard InChI is InChI=1S/C18H14O2/c1-13-4-2-5-14(10-13)15-6-3-7-16(11-15)18-9-8-17(12-19)20-18/h2-12H,1H3. The van der Waals surface area contributed by atoms with Crippen LogP contribution in [0.25, 0.3) is 22.5 Å². The Morgan fingerprint density at radius 1 is 0.850 bits per heavy atom. The highest BCUT2D eigenvalue weighted by molar-refractivity contribution is 5.75. The summed E-state index contributed by atoms with van der Waals surface area (Å²) in [5.41, 5.74) is 4.51. The first kappa shape index (κ1) is 12.4. The van der Waals surface area contributed by atoms with Crippen LogP contribution >= 0.6 is 0 Å². The lowest BCUT2D eigenvalue weighted by Gasteiger charge is -2.05. The third-order valence-electron chi connectivity index (χ3n) is 3.24. The number of rotatable bonds is 3. The van der Waals surface area contributed by atoms with Gasteiger partial charge in [-0.15, -0.1) is 0 Å². The number of carbonyl (C=O) groups excluding carboxylic acids is 1. The van der Waals surface area contributed by atoms with Gasteiger partial charge in [-0.1, -0.05) is 48.0 Å². The number of hydrogen-bond donors (Lipinski definition) is 0. The number of aldehydes is 1. The van der Waals surface area contributed by atoms with Crippen LogP contribution in [0.15, 0.2) is 65.1 Å². The van der Waals surface area contributed by atoms with E-state index in [1.807, 2.05) is 18.2 Å². The molecule has 1 aromatic heterocycles. The van der Waals surface area contributed by atoms with Crippen LogP contribution in [-0.2, 0) is 0 Å². The highest BCUT2D eigenvalue weighted by Gasteiger charge is 2.06. The van der Waals surface area contributed by atoms with E-state index in [1.165, 1.54) is 11.1 Å². The lowest BCUT2D eigenvalue weighted by Crippen LogP contribution is -1.81. The zero-order chi connectivity index (χ0) is 13.9. The number of aryl methyl sites for hydroxylation is 1. The van der Waals surface area contributed by atoms with Crippen LogP contribution in [0.3, 0.4) is 0 Å². The first-order valence-corrected chi connectivity index (χ1v) is 6.49. The SMILES string of the molecule is Cc1cccc(-c2cccc(-c3ccc(C=O)o3)c2)c1. The Labute approximate surface area is 117 Å². The van der Waals surface area contributed by atoms with Crippen LogP contribution in [0, 0.1) is 6.92 Å². The minimum atomic E-state index is 0.348.